The maximum absolute atomic E-state index is 12.1. The zero-order chi connectivity index (χ0) is 19.0. The Hall–Kier alpha value is -2.45. The smallest absolute Gasteiger partial charge is 0.248 e. The van der Waals surface area contributed by atoms with Crippen LogP contribution in [0.2, 0.25) is 0 Å². The number of H-pyrrole nitrogens is 1. The lowest BCUT2D eigenvalue weighted by atomic mass is 10.1. The van der Waals surface area contributed by atoms with Crippen molar-refractivity contribution in [3.8, 4) is 22.9 Å². The highest BCUT2D eigenvalue weighted by atomic mass is 79.9. The average Bonchev–Trinajstić information content (AvgIpc) is 3.08. The minimum absolute atomic E-state index is 0.144. The predicted molar refractivity (Wildman–Crippen MR) is 110 cm³/mol. The van der Waals surface area contributed by atoms with Crippen molar-refractivity contribution in [2.24, 2.45) is 0 Å². The number of benzene rings is 2. The van der Waals surface area contributed by atoms with Crippen LogP contribution in [0.3, 0.4) is 0 Å². The van der Waals surface area contributed by atoms with Gasteiger partial charge in [0.1, 0.15) is 5.75 Å². The van der Waals surface area contributed by atoms with Crippen molar-refractivity contribution in [3.63, 3.8) is 0 Å². The molecule has 0 aliphatic rings. The molecule has 1 N–H and O–H groups in total. The number of nitrogens with zero attached hydrogens (tertiary/aromatic N) is 2. The number of pyridine rings is 1. The molecule has 4 aromatic rings. The highest BCUT2D eigenvalue weighted by Gasteiger charge is 2.14. The summed E-state index contributed by atoms with van der Waals surface area (Å²) in [6.07, 6.45) is 0. The van der Waals surface area contributed by atoms with E-state index in [1.54, 1.807) is 13.0 Å². The van der Waals surface area contributed by atoms with Crippen LogP contribution >= 0.6 is 31.9 Å². The van der Waals surface area contributed by atoms with Gasteiger partial charge in [-0.2, -0.15) is 4.98 Å². The van der Waals surface area contributed by atoms with E-state index in [9.17, 15) is 4.79 Å². The van der Waals surface area contributed by atoms with Crippen LogP contribution in [0.1, 0.15) is 15.2 Å². The first-order valence-corrected chi connectivity index (χ1v) is 9.87. The monoisotopic (exact) mass is 489 g/mol. The number of fused-ring (bicyclic) bond motifs is 1. The summed E-state index contributed by atoms with van der Waals surface area (Å²) in [5, 5.41) is 4.81. The Morgan fingerprint density at radius 3 is 2.70 bits per heavy atom. The van der Waals surface area contributed by atoms with Crippen molar-refractivity contribution < 1.29 is 9.26 Å². The lowest BCUT2D eigenvalue weighted by Gasteiger charge is -2.12. The van der Waals surface area contributed by atoms with Crippen molar-refractivity contribution in [1.82, 2.24) is 15.1 Å². The molecule has 136 valence electrons. The van der Waals surface area contributed by atoms with Crippen LogP contribution in [0, 0.1) is 6.92 Å². The van der Waals surface area contributed by atoms with Gasteiger partial charge in [-0.3, -0.25) is 4.79 Å². The summed E-state index contributed by atoms with van der Waals surface area (Å²) in [5.74, 6) is 2.14. The molecular formula is C19H13Br2N3O3. The van der Waals surface area contributed by atoms with Gasteiger partial charge in [-0.15, -0.1) is 0 Å². The lowest BCUT2D eigenvalue weighted by Crippen LogP contribution is -2.07. The molecule has 0 saturated carbocycles. The third-order valence-corrected chi connectivity index (χ3v) is 4.94. The second-order valence-electron chi connectivity index (χ2n) is 5.84. The van der Waals surface area contributed by atoms with Crippen molar-refractivity contribution in [2.45, 2.75) is 10.7 Å². The van der Waals surface area contributed by atoms with Crippen LogP contribution in [-0.2, 0) is 0 Å². The van der Waals surface area contributed by atoms with E-state index in [1.165, 1.54) is 0 Å². The van der Waals surface area contributed by atoms with Gasteiger partial charge >= 0.3 is 0 Å². The summed E-state index contributed by atoms with van der Waals surface area (Å²) >= 11 is 6.93. The Labute approximate surface area is 170 Å². The molecule has 4 rings (SSSR count). The first kappa shape index (κ1) is 17.9. The Bertz CT molecular complexity index is 1180. The Morgan fingerprint density at radius 2 is 1.96 bits per heavy atom. The van der Waals surface area contributed by atoms with E-state index in [-0.39, 0.29) is 9.30 Å². The number of para-hydroxylation sites is 1. The van der Waals surface area contributed by atoms with Gasteiger partial charge in [-0.25, -0.2) is 0 Å². The van der Waals surface area contributed by atoms with Crippen LogP contribution in [-0.4, -0.2) is 15.1 Å². The quantitative estimate of drug-likeness (QED) is 0.384. The van der Waals surface area contributed by atoms with Crippen LogP contribution in [0.4, 0.5) is 0 Å². The number of aryl methyl sites for hydroxylation is 1. The van der Waals surface area contributed by atoms with Crippen LogP contribution in [0.25, 0.3) is 22.3 Å². The average molecular weight is 491 g/mol. The molecule has 0 atom stereocenters. The van der Waals surface area contributed by atoms with Gasteiger partial charge in [0.25, 0.3) is 0 Å². The van der Waals surface area contributed by atoms with E-state index in [0.29, 0.717) is 28.7 Å². The molecule has 6 nitrogen and oxygen atoms in total. The summed E-state index contributed by atoms with van der Waals surface area (Å²) in [4.78, 5) is 19.2. The number of rotatable bonds is 4. The topological polar surface area (TPSA) is 81.0 Å². The van der Waals surface area contributed by atoms with Gasteiger partial charge in [0.2, 0.25) is 17.3 Å². The summed E-state index contributed by atoms with van der Waals surface area (Å²) in [6, 6.07) is 14.6. The summed E-state index contributed by atoms with van der Waals surface area (Å²) in [6.45, 7) is 1.74. The number of hydrogen-bond donors (Lipinski definition) is 1. The molecular weight excluding hydrogens is 478 g/mol. The van der Waals surface area contributed by atoms with Gasteiger partial charge in [0, 0.05) is 23.9 Å². The van der Waals surface area contributed by atoms with E-state index in [0.717, 1.165) is 16.5 Å². The number of halogens is 2. The third-order valence-electron chi connectivity index (χ3n) is 3.95. The van der Waals surface area contributed by atoms with Crippen molar-refractivity contribution in [2.75, 3.05) is 0 Å². The summed E-state index contributed by atoms with van der Waals surface area (Å²) < 4.78 is 11.0. The Kier molecular flexibility index (Phi) is 4.84. The Morgan fingerprint density at radius 1 is 1.15 bits per heavy atom. The van der Waals surface area contributed by atoms with Gasteiger partial charge in [-0.05, 0) is 23.8 Å². The lowest BCUT2D eigenvalue weighted by molar-refractivity contribution is 0.394. The molecule has 0 aliphatic heterocycles. The molecule has 0 aliphatic carbocycles. The molecule has 0 bridgehead atoms. The molecule has 0 saturated heterocycles. The van der Waals surface area contributed by atoms with E-state index >= 15 is 0 Å². The number of hydrogen-bond acceptors (Lipinski definition) is 5. The molecule has 2 heterocycles. The fraction of sp³-hybridized carbons (Fsp3) is 0.105. The molecule has 2 aromatic heterocycles. The minimum Gasteiger partial charge on any atom is -0.455 e. The number of nitrogens with one attached hydrogen (secondary N) is 1. The highest BCUT2D eigenvalue weighted by Crippen LogP contribution is 2.36. The zero-order valence-corrected chi connectivity index (χ0v) is 17.2. The first-order valence-electron chi connectivity index (χ1n) is 8.04. The molecule has 0 spiro atoms. The third kappa shape index (κ3) is 3.68. The predicted octanol–water partition coefficient (Wildman–Crippen LogP) is 5.47. The van der Waals surface area contributed by atoms with E-state index in [1.807, 2.05) is 42.5 Å². The Balaban J connectivity index is 1.77. The molecule has 2 aromatic carbocycles. The van der Waals surface area contributed by atoms with Crippen molar-refractivity contribution in [3.05, 3.63) is 70.3 Å². The molecule has 27 heavy (non-hydrogen) atoms. The van der Waals surface area contributed by atoms with Crippen molar-refractivity contribution >= 4 is 42.8 Å². The number of aromatic nitrogens is 3. The fourth-order valence-electron chi connectivity index (χ4n) is 2.79. The molecule has 0 radical (unpaired) electrons. The van der Waals surface area contributed by atoms with Crippen LogP contribution in [0.5, 0.6) is 11.5 Å². The largest absolute Gasteiger partial charge is 0.455 e. The normalized spacial score (nSPS) is 11.3. The molecule has 0 amide bonds. The van der Waals surface area contributed by atoms with Crippen LogP contribution in [0.15, 0.2) is 57.8 Å². The zero-order valence-electron chi connectivity index (χ0n) is 14.1. The van der Waals surface area contributed by atoms with Crippen molar-refractivity contribution in [1.29, 1.82) is 0 Å². The van der Waals surface area contributed by atoms with E-state index < -0.39 is 0 Å². The van der Waals surface area contributed by atoms with Gasteiger partial charge in [0.15, 0.2) is 5.75 Å². The SMILES string of the molecule is Cc1nc(-c2cccc(Oc3cccc4c(C(Br)Br)cc(=O)[nH]c34)c2)no1. The number of alkyl halides is 2. The second-order valence-corrected chi connectivity index (χ2v) is 8.90. The second kappa shape index (κ2) is 7.28. The maximum Gasteiger partial charge on any atom is 0.248 e. The van der Waals surface area contributed by atoms with Gasteiger partial charge in [-0.1, -0.05) is 61.3 Å². The highest BCUT2D eigenvalue weighted by molar-refractivity contribution is 9.24. The standard InChI is InChI=1S/C19H13Br2N3O3/c1-10-22-19(24-27-10)11-4-2-5-12(8-11)26-15-7-3-6-13-14(18(20)21)9-16(25)23-17(13)15/h2-9,18H,1H3,(H,23,25). The number of aromatic amines is 1. The molecule has 8 heteroatoms. The minimum atomic E-state index is -0.200. The van der Waals surface area contributed by atoms with E-state index in [2.05, 4.69) is 47.0 Å². The number of ether oxygens (including phenoxy) is 1. The maximum atomic E-state index is 12.1. The first-order chi connectivity index (χ1) is 13.0. The van der Waals surface area contributed by atoms with Crippen LogP contribution < -0.4 is 10.3 Å². The van der Waals surface area contributed by atoms with Gasteiger partial charge < -0.3 is 14.2 Å². The van der Waals surface area contributed by atoms with E-state index in [4.69, 9.17) is 9.26 Å². The van der Waals surface area contributed by atoms with Gasteiger partial charge in [0.05, 0.1) is 9.25 Å². The summed E-state index contributed by atoms with van der Waals surface area (Å²) in [7, 11) is 0. The molecule has 0 fully saturated rings. The summed E-state index contributed by atoms with van der Waals surface area (Å²) in [5.41, 5.74) is 2.04. The fourth-order valence-corrected chi connectivity index (χ4v) is 3.54. The molecule has 0 unspecified atom stereocenters.